The maximum absolute atomic E-state index is 12.3. The average Bonchev–Trinajstić information content (AvgIpc) is 2.66. The number of nitrogens with one attached hydrogen (secondary N) is 1. The lowest BCUT2D eigenvalue weighted by molar-refractivity contribution is 0.0556. The first-order chi connectivity index (χ1) is 7.65. The van der Waals surface area contributed by atoms with Crippen LogP contribution in [0.25, 0.3) is 0 Å². The van der Waals surface area contributed by atoms with Gasteiger partial charge in [0.15, 0.2) is 0 Å². The minimum atomic E-state index is -2.55. The first-order valence-corrected chi connectivity index (χ1v) is 5.43. The molecule has 6 heteroatoms. The van der Waals surface area contributed by atoms with Crippen LogP contribution < -0.4 is 5.32 Å². The SMILES string of the molecule is CC1CN(Cc2ccn(C(F)F)n2)CCN1. The summed E-state index contributed by atoms with van der Waals surface area (Å²) >= 11 is 0. The number of rotatable bonds is 3. The molecule has 4 nitrogen and oxygen atoms in total. The first-order valence-electron chi connectivity index (χ1n) is 5.43. The molecule has 0 aliphatic carbocycles. The smallest absolute Gasteiger partial charge is 0.312 e. The van der Waals surface area contributed by atoms with Crippen LogP contribution in [0.2, 0.25) is 0 Å². The largest absolute Gasteiger partial charge is 0.333 e. The Labute approximate surface area is 93.2 Å². The fourth-order valence-corrected chi connectivity index (χ4v) is 1.96. The molecular formula is C10H16F2N4. The van der Waals surface area contributed by atoms with E-state index >= 15 is 0 Å². The van der Waals surface area contributed by atoms with E-state index in [1.54, 1.807) is 6.07 Å². The van der Waals surface area contributed by atoms with Crippen molar-refractivity contribution >= 4 is 0 Å². The number of alkyl halides is 2. The molecular weight excluding hydrogens is 214 g/mol. The fraction of sp³-hybridized carbons (Fsp3) is 0.700. The van der Waals surface area contributed by atoms with Crippen LogP contribution in [0.4, 0.5) is 8.78 Å². The highest BCUT2D eigenvalue weighted by atomic mass is 19.3. The van der Waals surface area contributed by atoms with Gasteiger partial charge in [0.25, 0.3) is 0 Å². The summed E-state index contributed by atoms with van der Waals surface area (Å²) in [7, 11) is 0. The minimum Gasteiger partial charge on any atom is -0.312 e. The normalized spacial score (nSPS) is 22.9. The van der Waals surface area contributed by atoms with E-state index in [2.05, 4.69) is 22.2 Å². The molecule has 1 atom stereocenters. The number of nitrogens with zero attached hydrogens (tertiary/aromatic N) is 3. The maximum atomic E-state index is 12.3. The number of piperazine rings is 1. The van der Waals surface area contributed by atoms with Gasteiger partial charge in [0, 0.05) is 38.4 Å². The third-order valence-electron chi connectivity index (χ3n) is 2.70. The lowest BCUT2D eigenvalue weighted by Crippen LogP contribution is -2.48. The molecule has 16 heavy (non-hydrogen) atoms. The summed E-state index contributed by atoms with van der Waals surface area (Å²) in [5.41, 5.74) is 0.703. The molecule has 1 fully saturated rings. The van der Waals surface area contributed by atoms with Gasteiger partial charge in [0.2, 0.25) is 0 Å². The third kappa shape index (κ3) is 2.76. The Balaban J connectivity index is 1.92. The van der Waals surface area contributed by atoms with E-state index in [4.69, 9.17) is 0 Å². The molecule has 90 valence electrons. The van der Waals surface area contributed by atoms with Gasteiger partial charge in [-0.1, -0.05) is 0 Å². The summed E-state index contributed by atoms with van der Waals surface area (Å²) in [4.78, 5) is 2.22. The molecule has 2 rings (SSSR count). The molecule has 0 amide bonds. The van der Waals surface area contributed by atoms with Gasteiger partial charge in [0.05, 0.1) is 5.69 Å². The van der Waals surface area contributed by atoms with Gasteiger partial charge in [-0.05, 0) is 13.0 Å². The summed E-state index contributed by atoms with van der Waals surface area (Å²) < 4.78 is 25.3. The van der Waals surface area contributed by atoms with Crippen molar-refractivity contribution in [3.05, 3.63) is 18.0 Å². The van der Waals surface area contributed by atoms with Gasteiger partial charge in [-0.2, -0.15) is 13.9 Å². The molecule has 1 aromatic rings. The predicted octanol–water partition coefficient (Wildman–Crippen LogP) is 1.07. The van der Waals surface area contributed by atoms with Crippen LogP contribution in [0.1, 0.15) is 19.2 Å². The molecule has 1 N–H and O–H groups in total. The van der Waals surface area contributed by atoms with Gasteiger partial charge in [-0.3, -0.25) is 4.90 Å². The molecule has 0 aromatic carbocycles. The van der Waals surface area contributed by atoms with Crippen molar-refractivity contribution in [1.29, 1.82) is 0 Å². The second-order valence-corrected chi connectivity index (χ2v) is 4.16. The highest BCUT2D eigenvalue weighted by molar-refractivity contribution is 4.99. The second-order valence-electron chi connectivity index (χ2n) is 4.16. The third-order valence-corrected chi connectivity index (χ3v) is 2.70. The summed E-state index contributed by atoms with van der Waals surface area (Å²) in [6.07, 6.45) is 1.33. The van der Waals surface area contributed by atoms with Crippen molar-refractivity contribution < 1.29 is 8.78 Å². The molecule has 1 aromatic heterocycles. The monoisotopic (exact) mass is 230 g/mol. The van der Waals surface area contributed by atoms with Crippen molar-refractivity contribution in [2.75, 3.05) is 19.6 Å². The fourth-order valence-electron chi connectivity index (χ4n) is 1.96. The zero-order valence-electron chi connectivity index (χ0n) is 9.24. The Morgan fingerprint density at radius 3 is 3.06 bits per heavy atom. The van der Waals surface area contributed by atoms with Crippen LogP contribution in [0.5, 0.6) is 0 Å². The Hall–Kier alpha value is -1.01. The van der Waals surface area contributed by atoms with Gasteiger partial charge >= 0.3 is 6.55 Å². The Kier molecular flexibility index (Phi) is 3.50. The summed E-state index contributed by atoms with van der Waals surface area (Å²) in [5.74, 6) is 0. The summed E-state index contributed by atoms with van der Waals surface area (Å²) in [6, 6.07) is 2.10. The maximum Gasteiger partial charge on any atom is 0.333 e. The Morgan fingerprint density at radius 2 is 2.44 bits per heavy atom. The van der Waals surface area contributed by atoms with Gasteiger partial charge in [-0.15, -0.1) is 0 Å². The van der Waals surface area contributed by atoms with Crippen LogP contribution in [-0.2, 0) is 6.54 Å². The van der Waals surface area contributed by atoms with Crippen LogP contribution in [0, 0.1) is 0 Å². The highest BCUT2D eigenvalue weighted by Crippen LogP contribution is 2.11. The minimum absolute atomic E-state index is 0.450. The number of aromatic nitrogens is 2. The molecule has 1 unspecified atom stereocenters. The van der Waals surface area contributed by atoms with Gasteiger partial charge in [-0.25, -0.2) is 4.68 Å². The van der Waals surface area contributed by atoms with Crippen LogP contribution in [0.15, 0.2) is 12.3 Å². The first kappa shape index (κ1) is 11.5. The predicted molar refractivity (Wildman–Crippen MR) is 56.2 cm³/mol. The number of hydrogen-bond acceptors (Lipinski definition) is 3. The zero-order chi connectivity index (χ0) is 11.5. The quantitative estimate of drug-likeness (QED) is 0.843. The van der Waals surface area contributed by atoms with Gasteiger partial charge < -0.3 is 5.32 Å². The van der Waals surface area contributed by atoms with Gasteiger partial charge in [0.1, 0.15) is 0 Å². The van der Waals surface area contributed by atoms with Crippen molar-refractivity contribution in [2.45, 2.75) is 26.1 Å². The van der Waals surface area contributed by atoms with Crippen molar-refractivity contribution in [2.24, 2.45) is 0 Å². The van der Waals surface area contributed by atoms with Crippen molar-refractivity contribution in [1.82, 2.24) is 20.0 Å². The number of halogens is 2. The molecule has 0 bridgehead atoms. The van der Waals surface area contributed by atoms with Crippen LogP contribution >= 0.6 is 0 Å². The molecule has 2 heterocycles. The molecule has 1 aliphatic rings. The highest BCUT2D eigenvalue weighted by Gasteiger charge is 2.17. The second kappa shape index (κ2) is 4.88. The Bertz CT molecular complexity index is 339. The van der Waals surface area contributed by atoms with Crippen molar-refractivity contribution in [3.63, 3.8) is 0 Å². The average molecular weight is 230 g/mol. The van der Waals surface area contributed by atoms with E-state index in [1.165, 1.54) is 6.20 Å². The lowest BCUT2D eigenvalue weighted by Gasteiger charge is -2.31. The summed E-state index contributed by atoms with van der Waals surface area (Å²) in [5, 5.41) is 7.17. The zero-order valence-corrected chi connectivity index (χ0v) is 9.24. The van der Waals surface area contributed by atoms with Crippen molar-refractivity contribution in [3.8, 4) is 0 Å². The lowest BCUT2D eigenvalue weighted by atomic mass is 10.2. The van der Waals surface area contributed by atoms with E-state index in [1.807, 2.05) is 0 Å². The molecule has 1 aliphatic heterocycles. The molecule has 0 radical (unpaired) electrons. The molecule has 0 spiro atoms. The van der Waals surface area contributed by atoms with E-state index in [0.717, 1.165) is 19.6 Å². The van der Waals surface area contributed by atoms with E-state index < -0.39 is 6.55 Å². The van der Waals surface area contributed by atoms with E-state index in [0.29, 0.717) is 23.0 Å². The van der Waals surface area contributed by atoms with Crippen LogP contribution in [0.3, 0.4) is 0 Å². The Morgan fingerprint density at radius 1 is 1.62 bits per heavy atom. The number of hydrogen-bond donors (Lipinski definition) is 1. The van der Waals surface area contributed by atoms with E-state index in [9.17, 15) is 8.78 Å². The summed E-state index contributed by atoms with van der Waals surface area (Å²) in [6.45, 7) is 3.02. The van der Waals surface area contributed by atoms with E-state index in [-0.39, 0.29) is 0 Å². The standard InChI is InChI=1S/C10H16F2N4/c1-8-6-15(5-3-13-8)7-9-2-4-16(14-9)10(11)12/h2,4,8,10,13H,3,5-7H2,1H3. The topological polar surface area (TPSA) is 33.1 Å². The molecule has 1 saturated heterocycles. The molecule has 0 saturated carbocycles. The van der Waals surface area contributed by atoms with Crippen LogP contribution in [-0.4, -0.2) is 40.4 Å².